The number of hydrogen-bond acceptors (Lipinski definition) is 3. The molecule has 5 nitrogen and oxygen atoms in total. The number of ether oxygens (including phenoxy) is 1. The molecular weight excluding hydrogens is 649 g/mol. The average molecular weight is 707 g/mol. The highest BCUT2D eigenvalue weighted by molar-refractivity contribution is 6.09. The molecule has 0 saturated heterocycles. The van der Waals surface area contributed by atoms with Crippen molar-refractivity contribution in [2.24, 2.45) is 17.8 Å². The Morgan fingerprint density at radius 3 is 2.25 bits per heavy atom. The molecule has 6 aromatic rings. The molecule has 0 bridgehead atoms. The molecule has 3 aromatic carbocycles. The summed E-state index contributed by atoms with van der Waals surface area (Å²) in [5.74, 6) is 4.59. The van der Waals surface area contributed by atoms with Crippen molar-refractivity contribution in [3.63, 3.8) is 0 Å². The van der Waals surface area contributed by atoms with Crippen LogP contribution in [0.25, 0.3) is 33.3 Å². The van der Waals surface area contributed by atoms with Crippen LogP contribution in [0.1, 0.15) is 117 Å². The van der Waals surface area contributed by atoms with Crippen LogP contribution in [0.4, 0.5) is 0 Å². The van der Waals surface area contributed by atoms with Gasteiger partial charge in [-0.2, -0.15) is 5.10 Å². The molecule has 0 spiro atoms. The maximum atomic E-state index is 6.89. The van der Waals surface area contributed by atoms with Crippen molar-refractivity contribution in [1.82, 2.24) is 19.3 Å². The third-order valence-corrected chi connectivity index (χ3v) is 11.0. The predicted octanol–water partition coefficient (Wildman–Crippen LogP) is 13.0. The van der Waals surface area contributed by atoms with Gasteiger partial charge in [0.1, 0.15) is 17.3 Å². The van der Waals surface area contributed by atoms with E-state index in [0.717, 1.165) is 46.2 Å². The van der Waals surface area contributed by atoms with E-state index >= 15 is 0 Å². The standard InChI is InChI=1S/C48H58N4O/c1-29(2)21-34-19-20-49-43(24-34)51-41-16-14-13-15-39(41)40-18-17-37(28-42(40)51)53-38-26-35(47(7,8)9)25-36(27-38)52-46(48(10,11)12)45(33(6)50-52)44-31(4)22-30(3)23-32(44)5/h13-20,22,24-30,32,44H,21,23H2,1-12H3/t30-,32-,44?/m0/s1. The van der Waals surface area contributed by atoms with Crippen LogP contribution in [-0.2, 0) is 17.3 Å². The van der Waals surface area contributed by atoms with E-state index in [-0.39, 0.29) is 10.8 Å². The number of pyridine rings is 1. The fraction of sp³-hybridized carbons (Fsp3) is 0.417. The molecule has 0 aliphatic heterocycles. The summed E-state index contributed by atoms with van der Waals surface area (Å²) in [6, 6.07) is 26.1. The molecular formula is C48H58N4O. The first-order chi connectivity index (χ1) is 25.0. The van der Waals surface area contributed by atoms with E-state index in [1.165, 1.54) is 45.2 Å². The van der Waals surface area contributed by atoms with E-state index in [2.05, 4.69) is 171 Å². The Labute approximate surface area is 317 Å². The summed E-state index contributed by atoms with van der Waals surface area (Å²) in [5.41, 5.74) is 10.8. The Morgan fingerprint density at radius 1 is 0.811 bits per heavy atom. The van der Waals surface area contributed by atoms with Gasteiger partial charge in [-0.15, -0.1) is 0 Å². The van der Waals surface area contributed by atoms with E-state index in [1.807, 2.05) is 6.20 Å². The predicted molar refractivity (Wildman–Crippen MR) is 222 cm³/mol. The molecule has 1 unspecified atom stereocenters. The van der Waals surface area contributed by atoms with E-state index in [9.17, 15) is 0 Å². The minimum atomic E-state index is -0.128. The molecule has 0 radical (unpaired) electrons. The van der Waals surface area contributed by atoms with Crippen molar-refractivity contribution in [2.45, 2.75) is 113 Å². The SMILES string of the molecule is CC1=C[C@H](C)C[C@H](C)C1c1c(C)nn(-c2cc(Oc3ccc4c5ccccc5n(-c5cc(CC(C)C)ccn5)c4c3)cc(C(C)(C)C)c2)c1C(C)(C)C. The fourth-order valence-electron chi connectivity index (χ4n) is 8.90. The smallest absolute Gasteiger partial charge is 0.137 e. The normalized spacial score (nSPS) is 18.3. The monoisotopic (exact) mass is 706 g/mol. The van der Waals surface area contributed by atoms with Crippen LogP contribution >= 0.6 is 0 Å². The molecule has 1 aliphatic rings. The first-order valence-corrected chi connectivity index (χ1v) is 19.6. The van der Waals surface area contributed by atoms with Crippen molar-refractivity contribution >= 4 is 21.8 Å². The van der Waals surface area contributed by atoms with E-state index in [1.54, 1.807) is 0 Å². The van der Waals surface area contributed by atoms with Crippen LogP contribution in [0.3, 0.4) is 0 Å². The number of rotatable bonds is 7. The van der Waals surface area contributed by atoms with Gasteiger partial charge in [0.15, 0.2) is 0 Å². The van der Waals surface area contributed by atoms with Gasteiger partial charge in [0, 0.05) is 46.0 Å². The second kappa shape index (κ2) is 13.6. The van der Waals surface area contributed by atoms with Gasteiger partial charge in [0.05, 0.1) is 28.1 Å². The lowest BCUT2D eigenvalue weighted by atomic mass is 9.70. The second-order valence-corrected chi connectivity index (χ2v) is 18.3. The Hall–Kier alpha value is -4.64. The summed E-state index contributed by atoms with van der Waals surface area (Å²) < 4.78 is 11.4. The number of aromatic nitrogens is 4. The van der Waals surface area contributed by atoms with Crippen molar-refractivity contribution in [3.8, 4) is 23.0 Å². The molecule has 7 rings (SSSR count). The van der Waals surface area contributed by atoms with Crippen LogP contribution in [0, 0.1) is 24.7 Å². The number of benzene rings is 3. The lowest BCUT2D eigenvalue weighted by molar-refractivity contribution is 0.385. The van der Waals surface area contributed by atoms with Gasteiger partial charge in [-0.25, -0.2) is 9.67 Å². The van der Waals surface area contributed by atoms with Gasteiger partial charge in [-0.1, -0.05) is 99.1 Å². The van der Waals surface area contributed by atoms with Crippen molar-refractivity contribution in [3.05, 3.63) is 119 Å². The van der Waals surface area contributed by atoms with Crippen molar-refractivity contribution < 1.29 is 4.74 Å². The zero-order valence-corrected chi connectivity index (χ0v) is 34.0. The van der Waals surface area contributed by atoms with E-state index in [0.29, 0.717) is 23.7 Å². The average Bonchev–Trinajstić information content (AvgIpc) is 3.58. The number of nitrogens with zero attached hydrogens (tertiary/aromatic N) is 4. The van der Waals surface area contributed by atoms with Gasteiger partial charge >= 0.3 is 0 Å². The molecule has 1 aliphatic carbocycles. The minimum absolute atomic E-state index is 0.0998. The summed E-state index contributed by atoms with van der Waals surface area (Å²) >= 11 is 0. The lowest BCUT2D eigenvalue weighted by Crippen LogP contribution is -2.25. The molecule has 5 heteroatoms. The summed E-state index contributed by atoms with van der Waals surface area (Å²) in [7, 11) is 0. The second-order valence-electron chi connectivity index (χ2n) is 18.3. The van der Waals surface area contributed by atoms with Crippen LogP contribution in [0.2, 0.25) is 0 Å². The largest absolute Gasteiger partial charge is 0.457 e. The summed E-state index contributed by atoms with van der Waals surface area (Å²) in [6.07, 6.45) is 6.62. The third-order valence-electron chi connectivity index (χ3n) is 11.0. The van der Waals surface area contributed by atoms with Gasteiger partial charge in [-0.3, -0.25) is 4.57 Å². The summed E-state index contributed by atoms with van der Waals surface area (Å²) in [6.45, 7) is 27.6. The van der Waals surface area contributed by atoms with Gasteiger partial charge in [-0.05, 0) is 103 Å². The zero-order valence-electron chi connectivity index (χ0n) is 34.0. The Bertz CT molecular complexity index is 2340. The molecule has 0 N–H and O–H groups in total. The zero-order chi connectivity index (χ0) is 38.0. The third kappa shape index (κ3) is 7.07. The van der Waals surface area contributed by atoms with Crippen molar-refractivity contribution in [1.29, 1.82) is 0 Å². The molecule has 276 valence electrons. The Morgan fingerprint density at radius 2 is 1.55 bits per heavy atom. The highest BCUT2D eigenvalue weighted by Crippen LogP contribution is 2.46. The number of fused-ring (bicyclic) bond motifs is 3. The van der Waals surface area contributed by atoms with Gasteiger partial charge in [0.2, 0.25) is 0 Å². The summed E-state index contributed by atoms with van der Waals surface area (Å²) in [4.78, 5) is 4.88. The maximum absolute atomic E-state index is 6.89. The number of aryl methyl sites for hydroxylation is 1. The van der Waals surface area contributed by atoms with Crippen LogP contribution < -0.4 is 4.74 Å². The minimum Gasteiger partial charge on any atom is -0.457 e. The maximum Gasteiger partial charge on any atom is 0.137 e. The van der Waals surface area contributed by atoms with Crippen LogP contribution in [0.5, 0.6) is 11.5 Å². The molecule has 0 saturated carbocycles. The van der Waals surface area contributed by atoms with E-state index in [4.69, 9.17) is 14.8 Å². The topological polar surface area (TPSA) is 44.9 Å². The molecule has 53 heavy (non-hydrogen) atoms. The van der Waals surface area contributed by atoms with Gasteiger partial charge in [0.25, 0.3) is 0 Å². The fourth-order valence-corrected chi connectivity index (χ4v) is 8.90. The quantitative estimate of drug-likeness (QED) is 0.155. The highest BCUT2D eigenvalue weighted by atomic mass is 16.5. The summed E-state index contributed by atoms with van der Waals surface area (Å²) in [5, 5.41) is 7.72. The number of allylic oxidation sites excluding steroid dienone is 2. The molecule has 0 amide bonds. The van der Waals surface area contributed by atoms with Crippen LogP contribution in [-0.4, -0.2) is 19.3 Å². The molecule has 0 fully saturated rings. The Kier molecular flexibility index (Phi) is 9.45. The molecule has 3 aromatic heterocycles. The highest BCUT2D eigenvalue weighted by Gasteiger charge is 2.36. The van der Waals surface area contributed by atoms with Crippen molar-refractivity contribution in [2.75, 3.05) is 0 Å². The molecule has 3 heterocycles. The number of para-hydroxylation sites is 1. The number of hydrogen-bond donors (Lipinski definition) is 0. The lowest BCUT2D eigenvalue weighted by Gasteiger charge is -2.34. The Balaban J connectivity index is 1.37. The van der Waals surface area contributed by atoms with Gasteiger partial charge < -0.3 is 4.74 Å². The molecule has 3 atom stereocenters. The van der Waals surface area contributed by atoms with Crippen LogP contribution in [0.15, 0.2) is 90.6 Å². The first-order valence-electron chi connectivity index (χ1n) is 19.6. The van der Waals surface area contributed by atoms with E-state index < -0.39 is 0 Å². The first kappa shape index (κ1) is 36.7.